The highest BCUT2D eigenvalue weighted by atomic mass is 16.5. The Morgan fingerprint density at radius 1 is 1.25 bits per heavy atom. The van der Waals surface area contributed by atoms with Crippen molar-refractivity contribution in [2.45, 2.75) is 37.6 Å². The number of aromatic amines is 1. The van der Waals surface area contributed by atoms with E-state index in [1.807, 2.05) is 0 Å². The first-order chi connectivity index (χ1) is 7.93. The third kappa shape index (κ3) is 1.97. The molecule has 2 atom stereocenters. The van der Waals surface area contributed by atoms with Gasteiger partial charge in [0.2, 0.25) is 0 Å². The Hall–Kier alpha value is -0.940. The highest BCUT2D eigenvalue weighted by molar-refractivity contribution is 5.03. The van der Waals surface area contributed by atoms with E-state index in [4.69, 9.17) is 4.74 Å². The summed E-state index contributed by atoms with van der Waals surface area (Å²) in [6.45, 7) is 2.71. The Bertz CT molecular complexity index is 340. The molecular weight excluding hydrogens is 204 g/mol. The van der Waals surface area contributed by atoms with Crippen LogP contribution >= 0.6 is 0 Å². The van der Waals surface area contributed by atoms with Crippen LogP contribution < -0.4 is 5.32 Å². The Kier molecular flexibility index (Phi) is 2.88. The van der Waals surface area contributed by atoms with Crippen LogP contribution in [0, 0.1) is 0 Å². The van der Waals surface area contributed by atoms with Gasteiger partial charge >= 0.3 is 0 Å². The van der Waals surface area contributed by atoms with Gasteiger partial charge in [-0.05, 0) is 25.8 Å². The lowest BCUT2D eigenvalue weighted by molar-refractivity contribution is 0.193. The van der Waals surface area contributed by atoms with Gasteiger partial charge in [-0.15, -0.1) is 0 Å². The fraction of sp³-hybridized carbons (Fsp3) is 0.818. The minimum Gasteiger partial charge on any atom is -0.381 e. The van der Waals surface area contributed by atoms with E-state index in [0.717, 1.165) is 44.2 Å². The van der Waals surface area contributed by atoms with Crippen molar-refractivity contribution in [1.29, 1.82) is 0 Å². The molecule has 0 aromatic carbocycles. The largest absolute Gasteiger partial charge is 0.381 e. The maximum atomic E-state index is 5.36. The number of hydrogen-bond donors (Lipinski definition) is 2. The van der Waals surface area contributed by atoms with E-state index in [2.05, 4.69) is 20.5 Å². The second-order valence-electron chi connectivity index (χ2n) is 4.64. The number of ether oxygens (including phenoxy) is 1. The Morgan fingerprint density at radius 3 is 3.00 bits per heavy atom. The molecule has 1 aromatic rings. The number of nitrogens with one attached hydrogen (secondary N) is 2. The number of rotatable bonds is 2. The van der Waals surface area contributed by atoms with Crippen LogP contribution in [0.1, 0.15) is 49.3 Å². The fourth-order valence-corrected chi connectivity index (χ4v) is 2.45. The van der Waals surface area contributed by atoms with Crippen LogP contribution in [0.4, 0.5) is 0 Å². The van der Waals surface area contributed by atoms with E-state index in [1.54, 1.807) is 0 Å². The van der Waals surface area contributed by atoms with Gasteiger partial charge in [-0.2, -0.15) is 5.10 Å². The molecule has 0 aliphatic carbocycles. The van der Waals surface area contributed by atoms with Crippen molar-refractivity contribution in [1.82, 2.24) is 20.5 Å². The summed E-state index contributed by atoms with van der Waals surface area (Å²) in [5.74, 6) is 2.33. The molecule has 5 heteroatoms. The molecule has 5 nitrogen and oxygen atoms in total. The third-order valence-electron chi connectivity index (χ3n) is 3.46. The zero-order chi connectivity index (χ0) is 10.8. The van der Waals surface area contributed by atoms with Crippen molar-refractivity contribution in [3.05, 3.63) is 11.6 Å². The lowest BCUT2D eigenvalue weighted by Crippen LogP contribution is -2.27. The zero-order valence-corrected chi connectivity index (χ0v) is 9.41. The van der Waals surface area contributed by atoms with Gasteiger partial charge in [0, 0.05) is 12.5 Å². The monoisotopic (exact) mass is 222 g/mol. The van der Waals surface area contributed by atoms with Crippen molar-refractivity contribution < 1.29 is 4.74 Å². The van der Waals surface area contributed by atoms with Crippen molar-refractivity contribution in [3.63, 3.8) is 0 Å². The summed E-state index contributed by atoms with van der Waals surface area (Å²) >= 11 is 0. The number of piperidine rings is 1. The molecule has 0 amide bonds. The molecule has 3 heterocycles. The summed E-state index contributed by atoms with van der Waals surface area (Å²) in [7, 11) is 0. The van der Waals surface area contributed by atoms with Gasteiger partial charge in [0.05, 0.1) is 12.6 Å². The fourth-order valence-electron chi connectivity index (χ4n) is 2.45. The lowest BCUT2D eigenvalue weighted by Gasteiger charge is -2.20. The predicted molar refractivity (Wildman–Crippen MR) is 59.2 cm³/mol. The van der Waals surface area contributed by atoms with E-state index in [0.29, 0.717) is 12.0 Å². The number of nitrogens with zero attached hydrogens (tertiary/aromatic N) is 2. The van der Waals surface area contributed by atoms with Crippen LogP contribution in [0.3, 0.4) is 0 Å². The number of H-pyrrole nitrogens is 1. The first-order valence-corrected chi connectivity index (χ1v) is 6.17. The summed E-state index contributed by atoms with van der Waals surface area (Å²) in [5.41, 5.74) is 0. The first kappa shape index (κ1) is 10.2. The second-order valence-corrected chi connectivity index (χ2v) is 4.64. The third-order valence-corrected chi connectivity index (χ3v) is 3.46. The molecule has 16 heavy (non-hydrogen) atoms. The molecule has 0 radical (unpaired) electrons. The number of aromatic nitrogens is 3. The van der Waals surface area contributed by atoms with Crippen LogP contribution in [0.5, 0.6) is 0 Å². The van der Waals surface area contributed by atoms with E-state index >= 15 is 0 Å². The van der Waals surface area contributed by atoms with Crippen LogP contribution in [0.2, 0.25) is 0 Å². The van der Waals surface area contributed by atoms with E-state index in [1.165, 1.54) is 12.8 Å². The molecular formula is C11H18N4O. The van der Waals surface area contributed by atoms with Crippen molar-refractivity contribution in [2.24, 2.45) is 0 Å². The van der Waals surface area contributed by atoms with E-state index in [9.17, 15) is 0 Å². The highest BCUT2D eigenvalue weighted by Gasteiger charge is 2.24. The average molecular weight is 222 g/mol. The molecule has 2 unspecified atom stereocenters. The molecule has 1 aromatic heterocycles. The molecule has 0 saturated carbocycles. The summed E-state index contributed by atoms with van der Waals surface area (Å²) in [6, 6.07) is 0.373. The van der Waals surface area contributed by atoms with Gasteiger partial charge in [-0.1, -0.05) is 6.42 Å². The maximum absolute atomic E-state index is 5.36. The normalized spacial score (nSPS) is 30.8. The number of hydrogen-bond acceptors (Lipinski definition) is 4. The Morgan fingerprint density at radius 2 is 2.25 bits per heavy atom. The lowest BCUT2D eigenvalue weighted by atomic mass is 10.0. The SMILES string of the molecule is C1CCC(c2nc(C3CCOC3)n[nH]2)NC1. The van der Waals surface area contributed by atoms with Gasteiger partial charge in [0.15, 0.2) is 5.82 Å². The predicted octanol–water partition coefficient (Wildman–Crippen LogP) is 1.12. The van der Waals surface area contributed by atoms with Gasteiger partial charge < -0.3 is 10.1 Å². The van der Waals surface area contributed by atoms with Crippen LogP contribution in [0.15, 0.2) is 0 Å². The van der Waals surface area contributed by atoms with Gasteiger partial charge in [0.1, 0.15) is 5.82 Å². The smallest absolute Gasteiger partial charge is 0.156 e. The topological polar surface area (TPSA) is 62.8 Å². The molecule has 2 aliphatic rings. The molecule has 2 saturated heterocycles. The van der Waals surface area contributed by atoms with Crippen LogP contribution in [-0.4, -0.2) is 34.9 Å². The summed E-state index contributed by atoms with van der Waals surface area (Å²) in [6.07, 6.45) is 4.76. The quantitative estimate of drug-likeness (QED) is 0.787. The summed E-state index contributed by atoms with van der Waals surface area (Å²) in [4.78, 5) is 4.61. The highest BCUT2D eigenvalue weighted by Crippen LogP contribution is 2.25. The van der Waals surface area contributed by atoms with Crippen LogP contribution in [-0.2, 0) is 4.74 Å². The Balaban J connectivity index is 1.71. The molecule has 2 N–H and O–H groups in total. The zero-order valence-electron chi connectivity index (χ0n) is 9.41. The van der Waals surface area contributed by atoms with Crippen molar-refractivity contribution in [2.75, 3.05) is 19.8 Å². The molecule has 2 aliphatic heterocycles. The van der Waals surface area contributed by atoms with E-state index < -0.39 is 0 Å². The van der Waals surface area contributed by atoms with Crippen LogP contribution in [0.25, 0.3) is 0 Å². The maximum Gasteiger partial charge on any atom is 0.156 e. The minimum absolute atomic E-state index is 0.373. The van der Waals surface area contributed by atoms with Gasteiger partial charge in [-0.25, -0.2) is 4.98 Å². The molecule has 0 spiro atoms. The van der Waals surface area contributed by atoms with Crippen molar-refractivity contribution in [3.8, 4) is 0 Å². The summed E-state index contributed by atoms with van der Waals surface area (Å²) in [5, 5.41) is 10.9. The molecule has 88 valence electrons. The molecule has 2 fully saturated rings. The molecule has 3 rings (SSSR count). The average Bonchev–Trinajstić information content (AvgIpc) is 3.01. The second kappa shape index (κ2) is 4.51. The summed E-state index contributed by atoms with van der Waals surface area (Å²) < 4.78 is 5.36. The van der Waals surface area contributed by atoms with Gasteiger partial charge in [0.25, 0.3) is 0 Å². The first-order valence-electron chi connectivity index (χ1n) is 6.17. The van der Waals surface area contributed by atoms with Gasteiger partial charge in [-0.3, -0.25) is 5.10 Å². The standard InChI is InChI=1S/C11H18N4O/c1-2-5-12-9(3-1)11-13-10(14-15-11)8-4-6-16-7-8/h8-9,12H,1-7H2,(H,13,14,15). The molecule has 0 bridgehead atoms. The van der Waals surface area contributed by atoms with E-state index in [-0.39, 0.29) is 0 Å². The Labute approximate surface area is 95.0 Å². The minimum atomic E-state index is 0.373. The van der Waals surface area contributed by atoms with Crippen molar-refractivity contribution >= 4 is 0 Å².